The maximum Gasteiger partial charge on any atom is 0.253 e. The summed E-state index contributed by atoms with van der Waals surface area (Å²) >= 11 is 0. The number of halogens is 1. The molecule has 3 N–H and O–H groups in total. The lowest BCUT2D eigenvalue weighted by atomic mass is 10.1. The predicted molar refractivity (Wildman–Crippen MR) is 103 cm³/mol. The van der Waals surface area contributed by atoms with Crippen LogP contribution in [0.25, 0.3) is 0 Å². The molecule has 0 radical (unpaired) electrons. The Kier molecular flexibility index (Phi) is 10.6. The van der Waals surface area contributed by atoms with Gasteiger partial charge < -0.3 is 16.0 Å². The Balaban J connectivity index is 0.00000441. The molecule has 6 heteroatoms. The van der Waals surface area contributed by atoms with Crippen LogP contribution in [0.15, 0.2) is 29.3 Å². The molecule has 1 rings (SSSR count). The molecule has 0 aliphatic heterocycles. The van der Waals surface area contributed by atoms with Crippen LogP contribution < -0.4 is 11.1 Å². The van der Waals surface area contributed by atoms with Gasteiger partial charge in [0.2, 0.25) is 0 Å². The van der Waals surface area contributed by atoms with E-state index in [-0.39, 0.29) is 29.9 Å². The van der Waals surface area contributed by atoms with Crippen LogP contribution in [0.4, 0.5) is 0 Å². The van der Waals surface area contributed by atoms with Gasteiger partial charge in [0.1, 0.15) is 0 Å². The lowest BCUT2D eigenvalue weighted by molar-refractivity contribution is 0.0773. The number of hydrogen-bond acceptors (Lipinski definition) is 2. The van der Waals surface area contributed by atoms with Crippen LogP contribution in [-0.2, 0) is 6.54 Å². The summed E-state index contributed by atoms with van der Waals surface area (Å²) in [7, 11) is 0. The summed E-state index contributed by atoms with van der Waals surface area (Å²) < 4.78 is 0. The molecule has 0 aromatic heterocycles. The number of guanidine groups is 1. The van der Waals surface area contributed by atoms with Gasteiger partial charge in [0, 0.05) is 25.2 Å². The van der Waals surface area contributed by atoms with E-state index in [1.54, 1.807) is 4.90 Å². The molecule has 1 aromatic rings. The van der Waals surface area contributed by atoms with Crippen LogP contribution in [0.5, 0.6) is 0 Å². The molecule has 1 amide bonds. The standard InChI is InChI=1S/C16H26N4O.HI/c1-4-11-18-16(17)19-12-13-7-9-14(10-8-13)15(21)20(5-2)6-3;/h7-10H,4-6,11-12H2,1-3H3,(H3,17,18,19);1H. The summed E-state index contributed by atoms with van der Waals surface area (Å²) in [6.07, 6.45) is 1.01. The SMILES string of the molecule is CCCNC(N)=NCc1ccc(C(=O)N(CC)CC)cc1.I. The van der Waals surface area contributed by atoms with Crippen LogP contribution in [0.2, 0.25) is 0 Å². The summed E-state index contributed by atoms with van der Waals surface area (Å²) in [5, 5.41) is 3.03. The summed E-state index contributed by atoms with van der Waals surface area (Å²) in [6.45, 7) is 8.83. The van der Waals surface area contributed by atoms with E-state index in [1.165, 1.54) is 0 Å². The van der Waals surface area contributed by atoms with Crippen molar-refractivity contribution in [2.75, 3.05) is 19.6 Å². The lowest BCUT2D eigenvalue weighted by Crippen LogP contribution is -2.32. The van der Waals surface area contributed by atoms with Gasteiger partial charge in [-0.1, -0.05) is 19.1 Å². The van der Waals surface area contributed by atoms with Crippen molar-refractivity contribution in [1.82, 2.24) is 10.2 Å². The number of amides is 1. The minimum absolute atomic E-state index is 0. The molecule has 22 heavy (non-hydrogen) atoms. The van der Waals surface area contributed by atoms with E-state index < -0.39 is 0 Å². The molecular formula is C16H27IN4O. The Bertz CT molecular complexity index is 470. The van der Waals surface area contributed by atoms with Crippen molar-refractivity contribution in [2.24, 2.45) is 10.7 Å². The first-order valence-electron chi connectivity index (χ1n) is 7.54. The summed E-state index contributed by atoms with van der Waals surface area (Å²) in [5.74, 6) is 0.527. The minimum atomic E-state index is 0. The van der Waals surface area contributed by atoms with E-state index >= 15 is 0 Å². The summed E-state index contributed by atoms with van der Waals surface area (Å²) in [6, 6.07) is 7.54. The maximum atomic E-state index is 12.2. The second kappa shape index (κ2) is 11.3. The van der Waals surface area contributed by atoms with Gasteiger partial charge in [-0.05, 0) is 38.0 Å². The summed E-state index contributed by atoms with van der Waals surface area (Å²) in [5.41, 5.74) is 7.49. The smallest absolute Gasteiger partial charge is 0.253 e. The third-order valence-electron chi connectivity index (χ3n) is 3.24. The van der Waals surface area contributed by atoms with E-state index in [2.05, 4.69) is 17.2 Å². The molecule has 0 bridgehead atoms. The number of aliphatic imine (C=N–C) groups is 1. The predicted octanol–water partition coefficient (Wildman–Crippen LogP) is 2.60. The third kappa shape index (κ3) is 6.64. The van der Waals surface area contributed by atoms with Crippen LogP contribution >= 0.6 is 24.0 Å². The number of nitrogens with zero attached hydrogens (tertiary/aromatic N) is 2. The average Bonchev–Trinajstić information content (AvgIpc) is 2.52. The Hall–Kier alpha value is -1.31. The topological polar surface area (TPSA) is 70.7 Å². The van der Waals surface area contributed by atoms with E-state index in [0.717, 1.165) is 31.6 Å². The average molecular weight is 418 g/mol. The molecule has 0 atom stereocenters. The second-order valence-corrected chi connectivity index (χ2v) is 4.80. The van der Waals surface area contributed by atoms with Gasteiger partial charge in [-0.3, -0.25) is 4.79 Å². The number of nitrogens with two attached hydrogens (primary N) is 1. The lowest BCUT2D eigenvalue weighted by Gasteiger charge is -2.18. The highest BCUT2D eigenvalue weighted by Gasteiger charge is 2.11. The monoisotopic (exact) mass is 418 g/mol. The van der Waals surface area contributed by atoms with Gasteiger partial charge in [0.25, 0.3) is 5.91 Å². The zero-order valence-electron chi connectivity index (χ0n) is 13.6. The van der Waals surface area contributed by atoms with Gasteiger partial charge in [-0.15, -0.1) is 24.0 Å². The first kappa shape index (κ1) is 20.7. The molecule has 124 valence electrons. The first-order chi connectivity index (χ1) is 10.1. The molecule has 5 nitrogen and oxygen atoms in total. The Morgan fingerprint density at radius 3 is 2.27 bits per heavy atom. The highest BCUT2D eigenvalue weighted by atomic mass is 127. The normalized spacial score (nSPS) is 10.8. The van der Waals surface area contributed by atoms with Gasteiger partial charge in [0.15, 0.2) is 5.96 Å². The molecular weight excluding hydrogens is 391 g/mol. The van der Waals surface area contributed by atoms with Gasteiger partial charge in [-0.2, -0.15) is 0 Å². The van der Waals surface area contributed by atoms with Crippen molar-refractivity contribution in [3.05, 3.63) is 35.4 Å². The zero-order valence-corrected chi connectivity index (χ0v) is 16.0. The van der Waals surface area contributed by atoms with Crippen molar-refractivity contribution in [3.63, 3.8) is 0 Å². The Labute approximate surface area is 150 Å². The quantitative estimate of drug-likeness (QED) is 0.406. The van der Waals surface area contributed by atoms with Crippen molar-refractivity contribution < 1.29 is 4.79 Å². The molecule has 0 saturated carbocycles. The molecule has 0 aliphatic carbocycles. The maximum absolute atomic E-state index is 12.2. The fourth-order valence-electron chi connectivity index (χ4n) is 1.93. The second-order valence-electron chi connectivity index (χ2n) is 4.80. The highest BCUT2D eigenvalue weighted by Crippen LogP contribution is 2.08. The fraction of sp³-hybridized carbons (Fsp3) is 0.500. The minimum Gasteiger partial charge on any atom is -0.370 e. The van der Waals surface area contributed by atoms with Crippen LogP contribution in [-0.4, -0.2) is 36.4 Å². The number of nitrogens with one attached hydrogen (secondary N) is 1. The van der Waals surface area contributed by atoms with E-state index in [4.69, 9.17) is 5.73 Å². The number of carbonyl (C=O) groups is 1. The van der Waals surface area contributed by atoms with Gasteiger partial charge in [-0.25, -0.2) is 4.99 Å². The third-order valence-corrected chi connectivity index (χ3v) is 3.24. The van der Waals surface area contributed by atoms with Gasteiger partial charge in [0.05, 0.1) is 6.54 Å². The van der Waals surface area contributed by atoms with E-state index in [1.807, 2.05) is 38.1 Å². The Morgan fingerprint density at radius 2 is 1.77 bits per heavy atom. The highest BCUT2D eigenvalue weighted by molar-refractivity contribution is 14.0. The fourth-order valence-corrected chi connectivity index (χ4v) is 1.93. The van der Waals surface area contributed by atoms with Gasteiger partial charge >= 0.3 is 0 Å². The van der Waals surface area contributed by atoms with Crippen LogP contribution in [0, 0.1) is 0 Å². The number of hydrogen-bond donors (Lipinski definition) is 2. The summed E-state index contributed by atoms with van der Waals surface area (Å²) in [4.78, 5) is 18.2. The van der Waals surface area contributed by atoms with Crippen LogP contribution in [0.1, 0.15) is 43.1 Å². The molecule has 0 unspecified atom stereocenters. The number of rotatable bonds is 7. The van der Waals surface area contributed by atoms with E-state index in [9.17, 15) is 4.79 Å². The molecule has 0 saturated heterocycles. The first-order valence-corrected chi connectivity index (χ1v) is 7.54. The van der Waals surface area contributed by atoms with E-state index in [0.29, 0.717) is 18.1 Å². The molecule has 0 spiro atoms. The van der Waals surface area contributed by atoms with Crippen molar-refractivity contribution in [3.8, 4) is 0 Å². The number of carbonyl (C=O) groups excluding carboxylic acids is 1. The van der Waals surface area contributed by atoms with Crippen molar-refractivity contribution in [1.29, 1.82) is 0 Å². The van der Waals surface area contributed by atoms with Crippen LogP contribution in [0.3, 0.4) is 0 Å². The Morgan fingerprint density at radius 1 is 1.18 bits per heavy atom. The molecule has 0 heterocycles. The zero-order chi connectivity index (χ0) is 15.7. The van der Waals surface area contributed by atoms with Crippen molar-refractivity contribution in [2.45, 2.75) is 33.7 Å². The molecule has 1 aromatic carbocycles. The number of benzene rings is 1. The van der Waals surface area contributed by atoms with Crippen molar-refractivity contribution >= 4 is 35.8 Å². The molecule has 0 aliphatic rings. The largest absolute Gasteiger partial charge is 0.370 e. The molecule has 0 fully saturated rings.